The van der Waals surface area contributed by atoms with Gasteiger partial charge in [-0.05, 0) is 29.8 Å². The summed E-state index contributed by atoms with van der Waals surface area (Å²) >= 11 is 5.04. The Bertz CT molecular complexity index is 375. The zero-order chi connectivity index (χ0) is 10.9. The summed E-state index contributed by atoms with van der Waals surface area (Å²) in [6.45, 7) is 0. The third kappa shape index (κ3) is 2.17. The molecule has 0 heterocycles. The average Bonchev–Trinajstić information content (AvgIpc) is 2.02. The summed E-state index contributed by atoms with van der Waals surface area (Å²) in [5.41, 5.74) is 3.91. The molecule has 2 nitrogen and oxygen atoms in total. The molecule has 0 bridgehead atoms. The van der Waals surface area contributed by atoms with Gasteiger partial charge in [-0.15, -0.1) is 0 Å². The number of hydrogen-bond donors (Lipinski definition) is 1. The van der Waals surface area contributed by atoms with Crippen LogP contribution in [0.5, 0.6) is 0 Å². The van der Waals surface area contributed by atoms with E-state index < -0.39 is 17.0 Å². The summed E-state index contributed by atoms with van der Waals surface area (Å²) in [6.07, 6.45) is -4.51. The van der Waals surface area contributed by atoms with Crippen LogP contribution in [0.15, 0.2) is 18.2 Å². The second-order valence-corrected chi connectivity index (χ2v) is 2.92. The molecule has 0 aromatic heterocycles. The predicted octanol–water partition coefficient (Wildman–Crippen LogP) is 2.67. The molecule has 0 fully saturated rings. The van der Waals surface area contributed by atoms with E-state index in [0.717, 1.165) is 12.1 Å². The molecule has 0 radical (unpaired) electrons. The molecule has 0 aliphatic rings. The van der Waals surface area contributed by atoms with Gasteiger partial charge in [0.15, 0.2) is 0 Å². The maximum atomic E-state index is 12.2. The van der Waals surface area contributed by atoms with Gasteiger partial charge in [-0.1, -0.05) is 0 Å². The number of halogens is 4. The smallest absolute Gasteiger partial charge is 0.398 e. The summed E-state index contributed by atoms with van der Waals surface area (Å²) in [7, 11) is 0. The molecule has 1 aromatic rings. The van der Waals surface area contributed by atoms with Crippen molar-refractivity contribution in [3.8, 4) is 0 Å². The van der Waals surface area contributed by atoms with Crippen molar-refractivity contribution in [1.82, 2.24) is 0 Å². The third-order valence-corrected chi connectivity index (χ3v) is 1.80. The lowest BCUT2D eigenvalue weighted by Gasteiger charge is -2.08. The maximum Gasteiger partial charge on any atom is 0.416 e. The fraction of sp³-hybridized carbons (Fsp3) is 0.125. The molecule has 0 saturated carbocycles. The van der Waals surface area contributed by atoms with Crippen molar-refractivity contribution in [2.24, 2.45) is 0 Å². The highest BCUT2D eigenvalue weighted by Crippen LogP contribution is 2.31. The summed E-state index contributed by atoms with van der Waals surface area (Å²) in [5, 5.41) is -1.01. The Kier molecular flexibility index (Phi) is 2.71. The molecule has 0 saturated heterocycles. The first-order valence-electron chi connectivity index (χ1n) is 3.49. The lowest BCUT2D eigenvalue weighted by molar-refractivity contribution is -0.137. The van der Waals surface area contributed by atoms with E-state index in [0.29, 0.717) is 6.07 Å². The molecule has 2 N–H and O–H groups in total. The lowest BCUT2D eigenvalue weighted by Crippen LogP contribution is -2.07. The molecule has 0 atom stereocenters. The monoisotopic (exact) mass is 223 g/mol. The number of nitrogens with two attached hydrogens (primary N) is 1. The highest BCUT2D eigenvalue weighted by Gasteiger charge is 2.31. The number of rotatable bonds is 1. The molecule has 6 heteroatoms. The quantitative estimate of drug-likeness (QED) is 0.588. The van der Waals surface area contributed by atoms with Crippen LogP contribution in [-0.2, 0) is 6.18 Å². The highest BCUT2D eigenvalue weighted by molar-refractivity contribution is 6.68. The van der Waals surface area contributed by atoms with E-state index in [4.69, 9.17) is 17.3 Å². The van der Waals surface area contributed by atoms with Crippen molar-refractivity contribution >= 4 is 22.5 Å². The minimum Gasteiger partial charge on any atom is -0.398 e. The normalized spacial score (nSPS) is 11.4. The van der Waals surface area contributed by atoms with Gasteiger partial charge in [-0.25, -0.2) is 0 Å². The van der Waals surface area contributed by atoms with Crippen LogP contribution in [0.25, 0.3) is 0 Å². The fourth-order valence-electron chi connectivity index (χ4n) is 0.903. The van der Waals surface area contributed by atoms with Crippen LogP contribution in [0.1, 0.15) is 15.9 Å². The van der Waals surface area contributed by atoms with E-state index in [1.165, 1.54) is 0 Å². The van der Waals surface area contributed by atoms with E-state index >= 15 is 0 Å². The molecule has 0 amide bonds. The second-order valence-electron chi connectivity index (χ2n) is 2.57. The van der Waals surface area contributed by atoms with E-state index in [2.05, 4.69) is 0 Å². The first kappa shape index (κ1) is 10.8. The number of carbonyl (C=O) groups excluding carboxylic acids is 1. The van der Waals surface area contributed by atoms with Crippen LogP contribution in [0, 0.1) is 0 Å². The van der Waals surface area contributed by atoms with E-state index in [1.54, 1.807) is 0 Å². The number of alkyl halides is 3. The van der Waals surface area contributed by atoms with Crippen LogP contribution < -0.4 is 5.73 Å². The number of nitrogen functional groups attached to an aromatic ring is 1. The minimum absolute atomic E-state index is 0.0713. The number of anilines is 1. The van der Waals surface area contributed by atoms with E-state index in [1.807, 2.05) is 0 Å². The van der Waals surface area contributed by atoms with Crippen LogP contribution in [0.2, 0.25) is 0 Å². The van der Waals surface area contributed by atoms with Crippen molar-refractivity contribution in [3.63, 3.8) is 0 Å². The molecule has 0 aliphatic carbocycles. The van der Waals surface area contributed by atoms with Gasteiger partial charge < -0.3 is 5.73 Å². The Morgan fingerprint density at radius 3 is 2.36 bits per heavy atom. The van der Waals surface area contributed by atoms with Crippen molar-refractivity contribution in [2.45, 2.75) is 6.18 Å². The molecule has 0 unspecified atom stereocenters. The summed E-state index contributed by atoms with van der Waals surface area (Å²) < 4.78 is 36.5. The van der Waals surface area contributed by atoms with Gasteiger partial charge in [0.05, 0.1) is 11.1 Å². The molecule has 1 rings (SSSR count). The molecule has 76 valence electrons. The van der Waals surface area contributed by atoms with Crippen molar-refractivity contribution in [1.29, 1.82) is 0 Å². The zero-order valence-electron chi connectivity index (χ0n) is 6.73. The fourth-order valence-corrected chi connectivity index (χ4v) is 1.07. The van der Waals surface area contributed by atoms with Crippen LogP contribution in [-0.4, -0.2) is 5.24 Å². The van der Waals surface area contributed by atoms with Crippen LogP contribution in [0.4, 0.5) is 18.9 Å². The van der Waals surface area contributed by atoms with E-state index in [9.17, 15) is 18.0 Å². The predicted molar refractivity (Wildman–Crippen MR) is 46.0 cm³/mol. The first-order valence-corrected chi connectivity index (χ1v) is 3.86. The van der Waals surface area contributed by atoms with Gasteiger partial charge in [0.25, 0.3) is 5.24 Å². The van der Waals surface area contributed by atoms with Gasteiger partial charge in [0.2, 0.25) is 0 Å². The molecular formula is C8H5ClF3NO. The Hall–Kier alpha value is -1.23. The Labute approximate surface area is 82.5 Å². The summed E-state index contributed by atoms with van der Waals surface area (Å²) in [4.78, 5) is 10.7. The molecule has 14 heavy (non-hydrogen) atoms. The van der Waals surface area contributed by atoms with Gasteiger partial charge in [-0.3, -0.25) is 4.79 Å². The Morgan fingerprint density at radius 2 is 1.93 bits per heavy atom. The molecule has 1 aromatic carbocycles. The van der Waals surface area contributed by atoms with Crippen LogP contribution in [0.3, 0.4) is 0 Å². The van der Waals surface area contributed by atoms with Crippen molar-refractivity contribution in [3.05, 3.63) is 29.3 Å². The molecule has 0 aliphatic heterocycles. The van der Waals surface area contributed by atoms with Crippen LogP contribution >= 0.6 is 11.6 Å². The lowest BCUT2D eigenvalue weighted by atomic mass is 10.1. The summed E-state index contributed by atoms with van der Waals surface area (Å²) in [5.74, 6) is 0. The molecule has 0 spiro atoms. The Morgan fingerprint density at radius 1 is 1.36 bits per heavy atom. The second kappa shape index (κ2) is 3.49. The Balaban J connectivity index is 3.27. The van der Waals surface area contributed by atoms with Gasteiger partial charge >= 0.3 is 6.18 Å². The van der Waals surface area contributed by atoms with Crippen molar-refractivity contribution < 1.29 is 18.0 Å². The maximum absolute atomic E-state index is 12.2. The largest absolute Gasteiger partial charge is 0.416 e. The number of hydrogen-bond acceptors (Lipinski definition) is 2. The molecular weight excluding hydrogens is 219 g/mol. The summed E-state index contributed by atoms with van der Waals surface area (Å²) in [6, 6.07) is 2.42. The van der Waals surface area contributed by atoms with Gasteiger partial charge in [0, 0.05) is 5.69 Å². The van der Waals surface area contributed by atoms with E-state index in [-0.39, 0.29) is 11.3 Å². The topological polar surface area (TPSA) is 43.1 Å². The van der Waals surface area contributed by atoms with Gasteiger partial charge in [-0.2, -0.15) is 13.2 Å². The van der Waals surface area contributed by atoms with Crippen molar-refractivity contribution in [2.75, 3.05) is 5.73 Å². The number of benzene rings is 1. The SMILES string of the molecule is Nc1ccc(C(F)(F)F)cc1C(=O)Cl. The zero-order valence-corrected chi connectivity index (χ0v) is 7.49. The highest BCUT2D eigenvalue weighted by atomic mass is 35.5. The third-order valence-electron chi connectivity index (χ3n) is 1.59. The minimum atomic E-state index is -4.51. The average molecular weight is 224 g/mol. The number of carbonyl (C=O) groups is 1. The standard InChI is InChI=1S/C8H5ClF3NO/c9-7(14)5-3-4(8(10,11)12)1-2-6(5)13/h1-3H,13H2. The van der Waals surface area contributed by atoms with Gasteiger partial charge in [0.1, 0.15) is 0 Å². The first-order chi connectivity index (χ1) is 6.32.